The van der Waals surface area contributed by atoms with Crippen LogP contribution in [0.25, 0.3) is 0 Å². The van der Waals surface area contributed by atoms with Crippen molar-refractivity contribution in [3.63, 3.8) is 0 Å². The van der Waals surface area contributed by atoms with E-state index in [1.807, 2.05) is 0 Å². The fourth-order valence-corrected chi connectivity index (χ4v) is 2.01. The Morgan fingerprint density at radius 3 is 2.72 bits per heavy atom. The molecule has 0 spiro atoms. The van der Waals surface area contributed by atoms with Crippen molar-refractivity contribution in [3.05, 3.63) is 18.3 Å². The highest BCUT2D eigenvalue weighted by Crippen LogP contribution is 2.18. The molecule has 1 aromatic heterocycles. The Labute approximate surface area is 105 Å². The average Bonchev–Trinajstić information content (AvgIpc) is 2.54. The summed E-state index contributed by atoms with van der Waals surface area (Å²) >= 11 is 0. The molecule has 0 N–H and O–H groups in total. The van der Waals surface area contributed by atoms with Crippen LogP contribution in [-0.2, 0) is 0 Å². The van der Waals surface area contributed by atoms with Gasteiger partial charge < -0.3 is 14.5 Å². The van der Waals surface area contributed by atoms with Crippen LogP contribution in [0.4, 0.5) is 14.6 Å². The van der Waals surface area contributed by atoms with E-state index in [0.717, 1.165) is 38.4 Å². The van der Waals surface area contributed by atoms with Crippen LogP contribution in [0.3, 0.4) is 0 Å². The minimum absolute atomic E-state index is 0.0979. The minimum Gasteiger partial charge on any atom is -0.433 e. The van der Waals surface area contributed by atoms with Gasteiger partial charge in [0.25, 0.3) is 0 Å². The smallest absolute Gasteiger partial charge is 0.387 e. The predicted molar refractivity (Wildman–Crippen MR) is 65.2 cm³/mol. The van der Waals surface area contributed by atoms with Crippen molar-refractivity contribution in [2.75, 3.05) is 38.1 Å². The van der Waals surface area contributed by atoms with Gasteiger partial charge >= 0.3 is 6.61 Å². The van der Waals surface area contributed by atoms with Gasteiger partial charge in [-0.2, -0.15) is 8.78 Å². The van der Waals surface area contributed by atoms with E-state index in [1.54, 1.807) is 6.07 Å². The molecule has 1 fully saturated rings. The Hall–Kier alpha value is -1.43. The van der Waals surface area contributed by atoms with E-state index in [1.165, 1.54) is 12.3 Å². The fourth-order valence-electron chi connectivity index (χ4n) is 2.01. The Kier molecular flexibility index (Phi) is 4.30. The summed E-state index contributed by atoms with van der Waals surface area (Å²) in [6, 6.07) is 3.26. The van der Waals surface area contributed by atoms with Crippen LogP contribution >= 0.6 is 0 Å². The Morgan fingerprint density at radius 2 is 2.06 bits per heavy atom. The van der Waals surface area contributed by atoms with Crippen molar-refractivity contribution >= 4 is 5.82 Å². The topological polar surface area (TPSA) is 28.6 Å². The van der Waals surface area contributed by atoms with Crippen molar-refractivity contribution in [1.29, 1.82) is 0 Å². The van der Waals surface area contributed by atoms with Gasteiger partial charge in [0.2, 0.25) is 0 Å². The second-order valence-electron chi connectivity index (χ2n) is 4.37. The third-order valence-electron chi connectivity index (χ3n) is 2.99. The number of ether oxygens (including phenoxy) is 1. The SMILES string of the molecule is CN1CCCN(c2ccc(OC(F)F)cn2)CC1. The van der Waals surface area contributed by atoms with Gasteiger partial charge in [0, 0.05) is 19.6 Å². The monoisotopic (exact) mass is 257 g/mol. The van der Waals surface area contributed by atoms with E-state index in [9.17, 15) is 8.78 Å². The molecule has 2 rings (SSSR count). The summed E-state index contributed by atoms with van der Waals surface area (Å²) in [4.78, 5) is 8.61. The number of pyridine rings is 1. The third kappa shape index (κ3) is 3.53. The summed E-state index contributed by atoms with van der Waals surface area (Å²) in [5.74, 6) is 0.910. The van der Waals surface area contributed by atoms with Crippen LogP contribution in [0.2, 0.25) is 0 Å². The number of nitrogens with zero attached hydrogens (tertiary/aromatic N) is 3. The van der Waals surface area contributed by atoms with Crippen molar-refractivity contribution < 1.29 is 13.5 Å². The maximum absolute atomic E-state index is 12.0. The molecule has 0 radical (unpaired) electrons. The molecule has 100 valence electrons. The zero-order chi connectivity index (χ0) is 13.0. The molecule has 6 heteroatoms. The first kappa shape index (κ1) is 13.0. The molecule has 1 aliphatic rings. The first-order valence-corrected chi connectivity index (χ1v) is 5.99. The van der Waals surface area contributed by atoms with Crippen LogP contribution in [0.5, 0.6) is 5.75 Å². The molecular formula is C12H17F2N3O. The molecule has 18 heavy (non-hydrogen) atoms. The van der Waals surface area contributed by atoms with Gasteiger partial charge in [-0.15, -0.1) is 0 Å². The van der Waals surface area contributed by atoms with E-state index in [4.69, 9.17) is 0 Å². The summed E-state index contributed by atoms with van der Waals surface area (Å²) in [6.45, 7) is 1.09. The van der Waals surface area contributed by atoms with Gasteiger partial charge in [-0.05, 0) is 32.1 Å². The molecule has 1 aliphatic heterocycles. The zero-order valence-corrected chi connectivity index (χ0v) is 10.4. The van der Waals surface area contributed by atoms with Gasteiger partial charge in [-0.3, -0.25) is 0 Å². The number of rotatable bonds is 3. The summed E-state index contributed by atoms with van der Waals surface area (Å²) in [6.07, 6.45) is 2.42. The lowest BCUT2D eigenvalue weighted by Crippen LogP contribution is -2.29. The third-order valence-corrected chi connectivity index (χ3v) is 2.99. The number of alkyl halides is 2. The zero-order valence-electron chi connectivity index (χ0n) is 10.4. The molecule has 1 aromatic rings. The first-order chi connectivity index (χ1) is 8.65. The first-order valence-electron chi connectivity index (χ1n) is 5.99. The highest BCUT2D eigenvalue weighted by molar-refractivity contribution is 5.41. The highest BCUT2D eigenvalue weighted by Gasteiger charge is 2.13. The van der Waals surface area contributed by atoms with Gasteiger partial charge in [-0.25, -0.2) is 4.98 Å². The Balaban J connectivity index is 2.00. The van der Waals surface area contributed by atoms with Crippen molar-refractivity contribution in [2.45, 2.75) is 13.0 Å². The van der Waals surface area contributed by atoms with Crippen molar-refractivity contribution in [2.24, 2.45) is 0 Å². The molecule has 2 heterocycles. The molecule has 0 atom stereocenters. The number of anilines is 1. The minimum atomic E-state index is -2.80. The van der Waals surface area contributed by atoms with Crippen LogP contribution in [0.15, 0.2) is 18.3 Å². The summed E-state index contributed by atoms with van der Waals surface area (Å²) in [5, 5.41) is 0. The Morgan fingerprint density at radius 1 is 1.22 bits per heavy atom. The largest absolute Gasteiger partial charge is 0.433 e. The summed E-state index contributed by atoms with van der Waals surface area (Å²) in [7, 11) is 2.09. The second kappa shape index (κ2) is 5.95. The lowest BCUT2D eigenvalue weighted by atomic mass is 10.3. The van der Waals surface area contributed by atoms with E-state index in [2.05, 4.69) is 26.6 Å². The fraction of sp³-hybridized carbons (Fsp3) is 0.583. The summed E-state index contributed by atoms with van der Waals surface area (Å²) < 4.78 is 28.3. The maximum Gasteiger partial charge on any atom is 0.387 e. The molecule has 0 bridgehead atoms. The molecule has 0 saturated carbocycles. The van der Waals surface area contributed by atoms with Crippen LogP contribution in [0, 0.1) is 0 Å². The van der Waals surface area contributed by atoms with E-state index >= 15 is 0 Å². The van der Waals surface area contributed by atoms with Gasteiger partial charge in [0.05, 0.1) is 6.20 Å². The van der Waals surface area contributed by atoms with E-state index < -0.39 is 6.61 Å². The van der Waals surface area contributed by atoms with Gasteiger partial charge in [0.1, 0.15) is 11.6 Å². The van der Waals surface area contributed by atoms with Crippen molar-refractivity contribution in [3.8, 4) is 5.75 Å². The van der Waals surface area contributed by atoms with Crippen molar-refractivity contribution in [1.82, 2.24) is 9.88 Å². The van der Waals surface area contributed by atoms with Crippen LogP contribution in [-0.4, -0.2) is 49.7 Å². The quantitative estimate of drug-likeness (QED) is 0.826. The molecule has 0 aromatic carbocycles. The molecule has 1 saturated heterocycles. The van der Waals surface area contributed by atoms with E-state index in [0.29, 0.717) is 0 Å². The Bertz CT molecular complexity index is 372. The molecule has 0 unspecified atom stereocenters. The number of aromatic nitrogens is 1. The predicted octanol–water partition coefficient (Wildman–Crippen LogP) is 1.82. The standard InChI is InChI=1S/C12H17F2N3O/c1-16-5-2-6-17(8-7-16)11-4-3-10(9-15-11)18-12(13)14/h3-4,9,12H,2,5-8H2,1H3. The number of halogens is 2. The summed E-state index contributed by atoms with van der Waals surface area (Å²) in [5.41, 5.74) is 0. The lowest BCUT2D eigenvalue weighted by Gasteiger charge is -2.21. The molecule has 0 amide bonds. The van der Waals surface area contributed by atoms with E-state index in [-0.39, 0.29) is 5.75 Å². The number of hydrogen-bond donors (Lipinski definition) is 0. The second-order valence-corrected chi connectivity index (χ2v) is 4.37. The lowest BCUT2D eigenvalue weighted by molar-refractivity contribution is -0.0500. The number of likely N-dealkylation sites (N-methyl/N-ethyl adjacent to an activating group) is 1. The van der Waals surface area contributed by atoms with Crippen LogP contribution < -0.4 is 9.64 Å². The van der Waals surface area contributed by atoms with Gasteiger partial charge in [0.15, 0.2) is 0 Å². The normalized spacial score (nSPS) is 17.9. The molecular weight excluding hydrogens is 240 g/mol. The maximum atomic E-state index is 12.0. The molecule has 0 aliphatic carbocycles. The van der Waals surface area contributed by atoms with Gasteiger partial charge in [-0.1, -0.05) is 0 Å². The average molecular weight is 257 g/mol. The molecule has 4 nitrogen and oxygen atoms in total. The number of hydrogen-bond acceptors (Lipinski definition) is 4. The van der Waals surface area contributed by atoms with Crippen LogP contribution in [0.1, 0.15) is 6.42 Å². The highest BCUT2D eigenvalue weighted by atomic mass is 19.3.